The van der Waals surface area contributed by atoms with Gasteiger partial charge in [0, 0.05) is 12.2 Å². The molecular weight excluding hydrogens is 166 g/mol. The van der Waals surface area contributed by atoms with Gasteiger partial charge in [-0.15, -0.1) is 0 Å². The van der Waals surface area contributed by atoms with Crippen LogP contribution in [0.25, 0.3) is 0 Å². The zero-order valence-corrected chi connectivity index (χ0v) is 6.47. The van der Waals surface area contributed by atoms with Gasteiger partial charge in [-0.3, -0.25) is 0 Å². The Kier molecular flexibility index (Phi) is 8.48. The fraction of sp³-hybridized carbons (Fsp3) is 0.333. The summed E-state index contributed by atoms with van der Waals surface area (Å²) in [7, 11) is 0. The number of carboxylic acids is 2. The molecule has 0 aromatic rings. The highest BCUT2D eigenvalue weighted by atomic mass is 16.4. The summed E-state index contributed by atoms with van der Waals surface area (Å²) in [6.45, 7) is 1.50. The lowest BCUT2D eigenvalue weighted by Crippen LogP contribution is -2.11. The monoisotopic (exact) mass is 177 g/mol. The highest BCUT2D eigenvalue weighted by molar-refractivity contribution is 5.89. The van der Waals surface area contributed by atoms with E-state index in [0.29, 0.717) is 12.2 Å². The average molecular weight is 177 g/mol. The number of carboxylic acid groups (broad SMARTS) is 2. The van der Waals surface area contributed by atoms with Crippen LogP contribution >= 0.6 is 0 Å². The number of hydrogen-bond donors (Lipinski definition) is 4. The fourth-order valence-corrected chi connectivity index (χ4v) is 0.143. The molecule has 0 aromatic heterocycles. The van der Waals surface area contributed by atoms with Crippen LogP contribution in [0.5, 0.6) is 0 Å². The molecule has 1 atom stereocenters. The number of aliphatic carboxylic acids is 2. The summed E-state index contributed by atoms with van der Waals surface area (Å²) in [6.07, 6.45) is 0.449. The van der Waals surface area contributed by atoms with Crippen molar-refractivity contribution in [1.82, 2.24) is 0 Å². The van der Waals surface area contributed by atoms with Gasteiger partial charge in [0.15, 0.2) is 0 Å². The molecule has 6 nitrogen and oxygen atoms in total. The average Bonchev–Trinajstić information content (AvgIpc) is 1.82. The number of aliphatic hydroxyl groups excluding tert-OH is 1. The summed E-state index contributed by atoms with van der Waals surface area (Å²) in [5.41, 5.74) is 4.67. The second-order valence-corrected chi connectivity index (χ2v) is 1.75. The van der Waals surface area contributed by atoms with Gasteiger partial charge < -0.3 is 21.1 Å². The van der Waals surface area contributed by atoms with Crippen LogP contribution in [0.3, 0.4) is 0 Å². The van der Waals surface area contributed by atoms with E-state index in [1.54, 1.807) is 0 Å². The van der Waals surface area contributed by atoms with Gasteiger partial charge in [-0.25, -0.2) is 9.59 Å². The molecule has 0 saturated heterocycles. The Morgan fingerprint density at radius 1 is 1.25 bits per heavy atom. The van der Waals surface area contributed by atoms with Crippen molar-refractivity contribution < 1.29 is 24.9 Å². The van der Waals surface area contributed by atoms with Crippen LogP contribution in [-0.2, 0) is 9.59 Å². The van der Waals surface area contributed by atoms with Crippen LogP contribution in [0.2, 0.25) is 0 Å². The highest BCUT2D eigenvalue weighted by Gasteiger charge is 1.88. The molecule has 0 aliphatic rings. The van der Waals surface area contributed by atoms with E-state index >= 15 is 0 Å². The Hall–Kier alpha value is -1.40. The third-order valence-electron chi connectivity index (χ3n) is 0.368. The Morgan fingerprint density at radius 3 is 1.50 bits per heavy atom. The molecule has 0 fully saturated rings. The van der Waals surface area contributed by atoms with Crippen molar-refractivity contribution in [3.63, 3.8) is 0 Å². The van der Waals surface area contributed by atoms with Crippen LogP contribution in [0.4, 0.5) is 0 Å². The van der Waals surface area contributed by atoms with Gasteiger partial charge in [0.1, 0.15) is 0 Å². The summed E-state index contributed by atoms with van der Waals surface area (Å²) in [5.74, 6) is -2.51. The molecule has 12 heavy (non-hydrogen) atoms. The van der Waals surface area contributed by atoms with Crippen LogP contribution in [-0.4, -0.2) is 33.5 Å². The topological polar surface area (TPSA) is 121 Å². The summed E-state index contributed by atoms with van der Waals surface area (Å²) >= 11 is 0. The minimum Gasteiger partial charge on any atom is -0.478 e. The van der Waals surface area contributed by atoms with Gasteiger partial charge in [-0.1, -0.05) is 0 Å². The molecule has 0 aliphatic heterocycles. The maximum absolute atomic E-state index is 9.55. The molecule has 0 rings (SSSR count). The van der Waals surface area contributed by atoms with Crippen LogP contribution in [0, 0.1) is 0 Å². The summed E-state index contributed by atoms with van der Waals surface area (Å²) in [6, 6.07) is 0. The van der Waals surface area contributed by atoms with Crippen molar-refractivity contribution in [2.45, 2.75) is 13.2 Å². The van der Waals surface area contributed by atoms with Crippen LogP contribution < -0.4 is 5.73 Å². The first kappa shape index (κ1) is 13.2. The van der Waals surface area contributed by atoms with Gasteiger partial charge in [-0.2, -0.15) is 0 Å². The lowest BCUT2D eigenvalue weighted by atomic mass is 10.5. The van der Waals surface area contributed by atoms with Crippen molar-refractivity contribution >= 4 is 11.9 Å². The normalized spacial score (nSPS) is 11.6. The van der Waals surface area contributed by atoms with Crippen molar-refractivity contribution in [1.29, 1.82) is 0 Å². The number of rotatable bonds is 2. The zero-order chi connectivity index (χ0) is 10.1. The van der Waals surface area contributed by atoms with E-state index in [0.717, 1.165) is 0 Å². The molecule has 0 spiro atoms. The minimum absolute atomic E-state index is 0.558. The molecule has 6 heteroatoms. The number of nitrogens with two attached hydrogens (primary N) is 1. The van der Waals surface area contributed by atoms with Gasteiger partial charge in [0.05, 0.1) is 6.23 Å². The van der Waals surface area contributed by atoms with E-state index in [1.807, 2.05) is 0 Å². The lowest BCUT2D eigenvalue weighted by molar-refractivity contribution is -0.134. The predicted molar refractivity (Wildman–Crippen MR) is 40.3 cm³/mol. The Labute approximate surface area is 68.9 Å². The fourth-order valence-electron chi connectivity index (χ4n) is 0.143. The number of hydrogen-bond acceptors (Lipinski definition) is 4. The second-order valence-electron chi connectivity index (χ2n) is 1.75. The smallest absolute Gasteiger partial charge is 0.328 e. The SMILES string of the molecule is CC(N)O.O=C(O)/C=C/C(=O)O. The Morgan fingerprint density at radius 2 is 1.42 bits per heavy atom. The standard InChI is InChI=1S/C4H4O4.C2H7NO/c5-3(6)1-2-4(7)8;1-2(3)4/h1-2H,(H,5,6)(H,7,8);2,4H,3H2,1H3/b2-1+;. The van der Waals surface area contributed by atoms with E-state index in [9.17, 15) is 9.59 Å². The van der Waals surface area contributed by atoms with E-state index in [2.05, 4.69) is 5.73 Å². The zero-order valence-electron chi connectivity index (χ0n) is 6.47. The van der Waals surface area contributed by atoms with E-state index in [1.165, 1.54) is 6.92 Å². The first-order chi connectivity index (χ1) is 5.36. The first-order valence-electron chi connectivity index (χ1n) is 2.94. The van der Waals surface area contributed by atoms with Gasteiger partial charge in [0.2, 0.25) is 0 Å². The molecule has 0 bridgehead atoms. The largest absolute Gasteiger partial charge is 0.478 e. The van der Waals surface area contributed by atoms with Crippen LogP contribution in [0.15, 0.2) is 12.2 Å². The molecule has 0 aliphatic carbocycles. The minimum atomic E-state index is -1.26. The van der Waals surface area contributed by atoms with E-state index in [4.69, 9.17) is 15.3 Å². The molecule has 5 N–H and O–H groups in total. The third kappa shape index (κ3) is 38.3. The predicted octanol–water partition coefficient (Wildman–Crippen LogP) is -1.00. The second kappa shape index (κ2) is 7.70. The quantitative estimate of drug-likeness (QED) is 0.317. The molecule has 0 heterocycles. The van der Waals surface area contributed by atoms with Gasteiger partial charge >= 0.3 is 11.9 Å². The van der Waals surface area contributed by atoms with Crippen LogP contribution in [0.1, 0.15) is 6.92 Å². The third-order valence-corrected chi connectivity index (χ3v) is 0.368. The first-order valence-corrected chi connectivity index (χ1v) is 2.94. The Bertz CT molecular complexity index is 156. The summed E-state index contributed by atoms with van der Waals surface area (Å²) < 4.78 is 0. The summed E-state index contributed by atoms with van der Waals surface area (Å²) in [4.78, 5) is 19.1. The molecular formula is C6H11NO5. The van der Waals surface area contributed by atoms with E-state index in [-0.39, 0.29) is 0 Å². The van der Waals surface area contributed by atoms with Crippen molar-refractivity contribution in [2.75, 3.05) is 0 Å². The van der Waals surface area contributed by atoms with Gasteiger partial charge in [0.25, 0.3) is 0 Å². The van der Waals surface area contributed by atoms with Crippen molar-refractivity contribution in [2.24, 2.45) is 5.73 Å². The maximum atomic E-state index is 9.55. The van der Waals surface area contributed by atoms with Gasteiger partial charge in [-0.05, 0) is 6.92 Å². The molecule has 1 unspecified atom stereocenters. The number of carbonyl (C=O) groups is 2. The molecule has 0 aromatic carbocycles. The Balaban J connectivity index is 0. The summed E-state index contributed by atoms with van der Waals surface area (Å²) in [5, 5.41) is 23.5. The molecule has 0 radical (unpaired) electrons. The van der Waals surface area contributed by atoms with Crippen molar-refractivity contribution in [3.05, 3.63) is 12.2 Å². The molecule has 0 saturated carbocycles. The van der Waals surface area contributed by atoms with Crippen molar-refractivity contribution in [3.8, 4) is 0 Å². The number of aliphatic hydroxyl groups is 1. The van der Waals surface area contributed by atoms with E-state index < -0.39 is 18.2 Å². The lowest BCUT2D eigenvalue weighted by Gasteiger charge is -1.82. The molecule has 70 valence electrons. The maximum Gasteiger partial charge on any atom is 0.328 e. The highest BCUT2D eigenvalue weighted by Crippen LogP contribution is 1.70. The molecule has 0 amide bonds.